The maximum atomic E-state index is 12.6. The third kappa shape index (κ3) is 2.75. The number of hydrogen-bond donors (Lipinski definition) is 0. The maximum absolute atomic E-state index is 12.6. The first-order chi connectivity index (χ1) is 11.5. The molecule has 0 aliphatic heterocycles. The SMILES string of the molecule is COc1cc(N(C)C)c(OC)cc1/C=C1/Cc2ccccc2C1=O. The molecule has 0 unspecified atom stereocenters. The van der Waals surface area contributed by atoms with Crippen LogP contribution >= 0.6 is 0 Å². The number of nitrogens with zero attached hydrogens (tertiary/aromatic N) is 1. The molecule has 0 amide bonds. The minimum absolute atomic E-state index is 0.0864. The third-order valence-electron chi connectivity index (χ3n) is 4.28. The van der Waals surface area contributed by atoms with Gasteiger partial charge in [0.1, 0.15) is 11.5 Å². The van der Waals surface area contributed by atoms with E-state index in [9.17, 15) is 4.79 Å². The molecular weight excluding hydrogens is 302 g/mol. The van der Waals surface area contributed by atoms with Gasteiger partial charge in [0.2, 0.25) is 0 Å². The Morgan fingerprint density at radius 3 is 2.38 bits per heavy atom. The lowest BCUT2D eigenvalue weighted by molar-refractivity contribution is 0.104. The number of hydrogen-bond acceptors (Lipinski definition) is 4. The van der Waals surface area contributed by atoms with Crippen molar-refractivity contribution >= 4 is 17.5 Å². The molecule has 0 saturated carbocycles. The lowest BCUT2D eigenvalue weighted by Gasteiger charge is -2.19. The van der Waals surface area contributed by atoms with Crippen LogP contribution in [0.3, 0.4) is 0 Å². The number of ether oxygens (including phenoxy) is 2. The topological polar surface area (TPSA) is 38.8 Å². The van der Waals surface area contributed by atoms with E-state index in [1.165, 1.54) is 0 Å². The van der Waals surface area contributed by atoms with Gasteiger partial charge in [-0.05, 0) is 17.7 Å². The predicted octanol–water partition coefficient (Wildman–Crippen LogP) is 3.59. The molecule has 1 aliphatic carbocycles. The third-order valence-corrected chi connectivity index (χ3v) is 4.28. The Labute approximate surface area is 142 Å². The zero-order valence-corrected chi connectivity index (χ0v) is 14.4. The monoisotopic (exact) mass is 323 g/mol. The summed E-state index contributed by atoms with van der Waals surface area (Å²) < 4.78 is 11.0. The Kier molecular flexibility index (Phi) is 4.30. The van der Waals surface area contributed by atoms with E-state index in [0.717, 1.165) is 39.4 Å². The molecule has 124 valence electrons. The summed E-state index contributed by atoms with van der Waals surface area (Å²) in [5.74, 6) is 1.55. The fraction of sp³-hybridized carbons (Fsp3) is 0.250. The standard InChI is InChI=1S/C20H21NO3/c1-21(2)17-12-18(23-3)14(11-19(17)24-4)10-15-9-13-7-5-6-8-16(13)20(15)22/h5-8,10-12H,9H2,1-4H3/b15-10-. The zero-order chi connectivity index (χ0) is 17.3. The summed E-state index contributed by atoms with van der Waals surface area (Å²) in [6, 6.07) is 11.6. The first-order valence-electron chi connectivity index (χ1n) is 7.81. The first kappa shape index (κ1) is 16.1. The van der Waals surface area contributed by atoms with Crippen LogP contribution in [0.5, 0.6) is 11.5 Å². The molecule has 4 heteroatoms. The van der Waals surface area contributed by atoms with Gasteiger partial charge in [-0.1, -0.05) is 24.3 Å². The lowest BCUT2D eigenvalue weighted by Crippen LogP contribution is -2.10. The van der Waals surface area contributed by atoms with Gasteiger partial charge in [-0.25, -0.2) is 0 Å². The molecule has 1 aliphatic rings. The number of ketones is 1. The molecule has 0 aromatic heterocycles. The van der Waals surface area contributed by atoms with E-state index in [-0.39, 0.29) is 5.78 Å². The van der Waals surface area contributed by atoms with E-state index in [0.29, 0.717) is 6.42 Å². The minimum Gasteiger partial charge on any atom is -0.496 e. The average Bonchev–Trinajstić information content (AvgIpc) is 2.90. The second-order valence-corrected chi connectivity index (χ2v) is 5.99. The predicted molar refractivity (Wildman–Crippen MR) is 96.3 cm³/mol. The molecule has 0 radical (unpaired) electrons. The summed E-state index contributed by atoms with van der Waals surface area (Å²) >= 11 is 0. The highest BCUT2D eigenvalue weighted by atomic mass is 16.5. The van der Waals surface area contributed by atoms with E-state index >= 15 is 0 Å². The molecule has 2 aromatic rings. The van der Waals surface area contributed by atoms with Crippen molar-refractivity contribution in [1.29, 1.82) is 0 Å². The molecule has 4 nitrogen and oxygen atoms in total. The highest BCUT2D eigenvalue weighted by molar-refractivity contribution is 6.15. The number of allylic oxidation sites excluding steroid dienone is 1. The van der Waals surface area contributed by atoms with E-state index in [4.69, 9.17) is 9.47 Å². The molecule has 0 heterocycles. The van der Waals surface area contributed by atoms with Crippen LogP contribution in [0.15, 0.2) is 42.0 Å². The van der Waals surface area contributed by atoms with Crippen molar-refractivity contribution in [3.05, 3.63) is 58.7 Å². The number of benzene rings is 2. The van der Waals surface area contributed by atoms with Crippen molar-refractivity contribution in [3.63, 3.8) is 0 Å². The molecule has 0 spiro atoms. The largest absolute Gasteiger partial charge is 0.496 e. The van der Waals surface area contributed by atoms with Gasteiger partial charge < -0.3 is 14.4 Å². The molecule has 2 aromatic carbocycles. The van der Waals surface area contributed by atoms with Crippen molar-refractivity contribution in [2.24, 2.45) is 0 Å². The van der Waals surface area contributed by atoms with E-state index < -0.39 is 0 Å². The lowest BCUT2D eigenvalue weighted by atomic mass is 10.1. The molecule has 0 bridgehead atoms. The number of anilines is 1. The second kappa shape index (κ2) is 6.40. The van der Waals surface area contributed by atoms with Crippen LogP contribution in [0.2, 0.25) is 0 Å². The normalized spacial score (nSPS) is 14.7. The summed E-state index contributed by atoms with van der Waals surface area (Å²) in [6.07, 6.45) is 2.55. The molecule has 0 saturated heterocycles. The van der Waals surface area contributed by atoms with E-state index in [1.807, 2.05) is 61.5 Å². The van der Waals surface area contributed by atoms with Gasteiger partial charge in [-0.3, -0.25) is 4.79 Å². The highest BCUT2D eigenvalue weighted by Crippen LogP contribution is 2.37. The number of fused-ring (bicyclic) bond motifs is 1. The maximum Gasteiger partial charge on any atom is 0.189 e. The van der Waals surface area contributed by atoms with Crippen LogP contribution in [-0.2, 0) is 6.42 Å². The van der Waals surface area contributed by atoms with Gasteiger partial charge in [0.15, 0.2) is 5.78 Å². The van der Waals surface area contributed by atoms with Crippen LogP contribution < -0.4 is 14.4 Å². The Morgan fingerprint density at radius 1 is 1.04 bits per heavy atom. The number of carbonyl (C=O) groups is 1. The fourth-order valence-corrected chi connectivity index (χ4v) is 3.03. The Hall–Kier alpha value is -2.75. The fourth-order valence-electron chi connectivity index (χ4n) is 3.03. The van der Waals surface area contributed by atoms with Crippen molar-refractivity contribution in [2.45, 2.75) is 6.42 Å². The summed E-state index contributed by atoms with van der Waals surface area (Å²) in [5.41, 5.74) is 4.41. The van der Waals surface area contributed by atoms with Crippen LogP contribution in [-0.4, -0.2) is 34.1 Å². The molecule has 24 heavy (non-hydrogen) atoms. The second-order valence-electron chi connectivity index (χ2n) is 5.99. The Morgan fingerprint density at radius 2 is 1.75 bits per heavy atom. The summed E-state index contributed by atoms with van der Waals surface area (Å²) in [6.45, 7) is 0. The van der Waals surface area contributed by atoms with Gasteiger partial charge in [-0.2, -0.15) is 0 Å². The van der Waals surface area contributed by atoms with Crippen molar-refractivity contribution in [1.82, 2.24) is 0 Å². The van der Waals surface area contributed by atoms with Gasteiger partial charge in [0, 0.05) is 43.3 Å². The molecule has 0 fully saturated rings. The Bertz CT molecular complexity index is 822. The number of methoxy groups -OCH3 is 2. The van der Waals surface area contributed by atoms with Gasteiger partial charge in [0.25, 0.3) is 0 Å². The molecule has 0 atom stereocenters. The van der Waals surface area contributed by atoms with Crippen LogP contribution in [0.1, 0.15) is 21.5 Å². The average molecular weight is 323 g/mol. The number of carbonyl (C=O) groups excluding carboxylic acids is 1. The van der Waals surface area contributed by atoms with E-state index in [2.05, 4.69) is 0 Å². The van der Waals surface area contributed by atoms with Crippen LogP contribution in [0, 0.1) is 0 Å². The van der Waals surface area contributed by atoms with Gasteiger partial charge in [0.05, 0.1) is 19.9 Å². The molecule has 3 rings (SSSR count). The molecular formula is C20H21NO3. The summed E-state index contributed by atoms with van der Waals surface area (Å²) in [4.78, 5) is 14.5. The van der Waals surface area contributed by atoms with Crippen molar-refractivity contribution < 1.29 is 14.3 Å². The van der Waals surface area contributed by atoms with Gasteiger partial charge in [-0.15, -0.1) is 0 Å². The van der Waals surface area contributed by atoms with Crippen LogP contribution in [0.25, 0.3) is 6.08 Å². The highest BCUT2D eigenvalue weighted by Gasteiger charge is 2.24. The number of Topliss-reactive ketones (excluding diaryl/α,β-unsaturated/α-hetero) is 1. The van der Waals surface area contributed by atoms with Gasteiger partial charge >= 0.3 is 0 Å². The quantitative estimate of drug-likeness (QED) is 0.806. The first-order valence-corrected chi connectivity index (χ1v) is 7.81. The van der Waals surface area contributed by atoms with Crippen molar-refractivity contribution in [2.75, 3.05) is 33.2 Å². The minimum atomic E-state index is 0.0864. The van der Waals surface area contributed by atoms with Crippen LogP contribution in [0.4, 0.5) is 5.69 Å². The van der Waals surface area contributed by atoms with Crippen molar-refractivity contribution in [3.8, 4) is 11.5 Å². The number of rotatable bonds is 4. The zero-order valence-electron chi connectivity index (χ0n) is 14.4. The summed E-state index contributed by atoms with van der Waals surface area (Å²) in [7, 11) is 7.18. The smallest absolute Gasteiger partial charge is 0.189 e. The summed E-state index contributed by atoms with van der Waals surface area (Å²) in [5, 5.41) is 0. The Balaban J connectivity index is 2.06. The van der Waals surface area contributed by atoms with E-state index in [1.54, 1.807) is 14.2 Å². The molecule has 0 N–H and O–H groups in total.